The SMILES string of the molecule is Cn1c(-c2cc3cccc(OC[C@@H]4CNC(=O)C4)c3n2CC2CC2)nc2cc3c(nc21)CCN(C[C@@H](CF)NC(=O)O)C3=O. The van der Waals surface area contributed by atoms with Crippen LogP contribution in [0.3, 0.4) is 0 Å². The molecular formula is C31H34FN7O5. The smallest absolute Gasteiger partial charge is 0.405 e. The number of rotatable bonds is 10. The maximum atomic E-state index is 13.4. The molecule has 0 spiro atoms. The van der Waals surface area contributed by atoms with E-state index in [1.54, 1.807) is 6.07 Å². The van der Waals surface area contributed by atoms with Crippen LogP contribution in [0.5, 0.6) is 5.75 Å². The number of hydrogen-bond acceptors (Lipinski definition) is 6. The van der Waals surface area contributed by atoms with E-state index in [1.165, 1.54) is 17.7 Å². The summed E-state index contributed by atoms with van der Waals surface area (Å²) < 4.78 is 24.0. The summed E-state index contributed by atoms with van der Waals surface area (Å²) >= 11 is 0. The molecule has 0 radical (unpaired) electrons. The van der Waals surface area contributed by atoms with Crippen molar-refractivity contribution in [2.45, 2.75) is 38.3 Å². The number of carbonyl (C=O) groups is 3. The molecule has 12 nitrogen and oxygen atoms in total. The third-order valence-corrected chi connectivity index (χ3v) is 8.80. The zero-order valence-electron chi connectivity index (χ0n) is 24.4. The predicted octanol–water partition coefficient (Wildman–Crippen LogP) is 3.12. The maximum absolute atomic E-state index is 13.4. The van der Waals surface area contributed by atoms with Crippen molar-refractivity contribution >= 4 is 40.0 Å². The second kappa shape index (κ2) is 11.1. The van der Waals surface area contributed by atoms with Gasteiger partial charge in [0.05, 0.1) is 35.1 Å². The van der Waals surface area contributed by atoms with Crippen molar-refractivity contribution < 1.29 is 28.6 Å². The van der Waals surface area contributed by atoms with Crippen LogP contribution in [-0.4, -0.2) is 86.0 Å². The number of carbonyl (C=O) groups excluding carboxylic acids is 2. The molecule has 2 fully saturated rings. The first-order valence-corrected chi connectivity index (χ1v) is 15.0. The highest BCUT2D eigenvalue weighted by atomic mass is 19.1. The Morgan fingerprint density at radius 3 is 2.80 bits per heavy atom. The van der Waals surface area contributed by atoms with E-state index in [4.69, 9.17) is 19.8 Å². The number of imidazole rings is 1. The van der Waals surface area contributed by atoms with Gasteiger partial charge in [-0.1, -0.05) is 12.1 Å². The van der Waals surface area contributed by atoms with Gasteiger partial charge < -0.3 is 34.5 Å². The van der Waals surface area contributed by atoms with E-state index >= 15 is 0 Å². The van der Waals surface area contributed by atoms with Gasteiger partial charge in [0.25, 0.3) is 5.91 Å². The first kappa shape index (κ1) is 28.1. The van der Waals surface area contributed by atoms with Crippen LogP contribution >= 0.6 is 0 Å². The molecule has 1 aliphatic carbocycles. The molecule has 1 saturated heterocycles. The normalized spacial score (nSPS) is 19.0. The zero-order chi connectivity index (χ0) is 30.5. The summed E-state index contributed by atoms with van der Waals surface area (Å²) in [7, 11) is 1.92. The summed E-state index contributed by atoms with van der Waals surface area (Å²) in [5, 5.41) is 15.0. The number of amides is 3. The summed E-state index contributed by atoms with van der Waals surface area (Å²) in [5.41, 5.74) is 4.19. The number of nitrogens with one attached hydrogen (secondary N) is 2. The van der Waals surface area contributed by atoms with Gasteiger partial charge in [0.2, 0.25) is 5.91 Å². The number of nitrogens with zero attached hydrogens (tertiary/aromatic N) is 5. The summed E-state index contributed by atoms with van der Waals surface area (Å²) in [6.07, 6.45) is 1.94. The molecule has 2 atom stereocenters. The minimum Gasteiger partial charge on any atom is -0.491 e. The highest BCUT2D eigenvalue weighted by Gasteiger charge is 2.31. The quantitative estimate of drug-likeness (QED) is 0.253. The van der Waals surface area contributed by atoms with Crippen molar-refractivity contribution in [3.63, 3.8) is 0 Å². The van der Waals surface area contributed by atoms with Gasteiger partial charge in [0, 0.05) is 57.4 Å². The molecule has 7 rings (SSSR count). The molecule has 44 heavy (non-hydrogen) atoms. The Hall–Kier alpha value is -4.68. The fourth-order valence-corrected chi connectivity index (χ4v) is 6.34. The van der Waals surface area contributed by atoms with Crippen LogP contribution < -0.4 is 15.4 Å². The minimum absolute atomic E-state index is 0.0573. The Bertz CT molecular complexity index is 1800. The van der Waals surface area contributed by atoms with Crippen molar-refractivity contribution in [2.75, 3.05) is 32.9 Å². The third-order valence-electron chi connectivity index (χ3n) is 8.80. The Morgan fingerprint density at radius 2 is 2.07 bits per heavy atom. The standard InChI is InChI=1S/C31H34FN7O5/c1-37-28-23(11-21-22(35-28)7-8-38(30(21)41)15-20(12-32)34-31(42)43)36-29(37)24-10-19-3-2-4-25(27(19)39(24)14-17-5-6-17)44-16-18-9-26(40)33-13-18/h2-4,10-11,17-18,20,34H,5-9,12-16H2,1H3,(H,33,40)(H,42,43)/t18-,20+/m0/s1. The number of halogens is 1. The summed E-state index contributed by atoms with van der Waals surface area (Å²) in [6.45, 7) is 1.23. The highest BCUT2D eigenvalue weighted by molar-refractivity contribution is 5.99. The third kappa shape index (κ3) is 5.20. The Morgan fingerprint density at radius 1 is 1.23 bits per heavy atom. The molecule has 1 aromatic carbocycles. The van der Waals surface area contributed by atoms with Crippen molar-refractivity contribution in [3.8, 4) is 17.3 Å². The van der Waals surface area contributed by atoms with Crippen LogP contribution in [0.1, 0.15) is 35.3 Å². The molecule has 3 aromatic heterocycles. The Kier molecular flexibility index (Phi) is 7.10. The minimum atomic E-state index is -1.33. The number of ether oxygens (including phenoxy) is 1. The summed E-state index contributed by atoms with van der Waals surface area (Å²) in [4.78, 5) is 47.4. The first-order valence-electron chi connectivity index (χ1n) is 15.0. The number of hydrogen-bond donors (Lipinski definition) is 3. The van der Waals surface area contributed by atoms with Crippen molar-refractivity contribution in [3.05, 3.63) is 41.6 Å². The maximum Gasteiger partial charge on any atom is 0.405 e. The molecule has 4 aromatic rings. The largest absolute Gasteiger partial charge is 0.491 e. The lowest BCUT2D eigenvalue weighted by atomic mass is 10.0. The number of aryl methyl sites for hydroxylation is 1. The fraction of sp³-hybridized carbons (Fsp3) is 0.452. The fourth-order valence-electron chi connectivity index (χ4n) is 6.34. The van der Waals surface area contributed by atoms with E-state index in [-0.39, 0.29) is 24.3 Å². The Labute approximate surface area is 252 Å². The average molecular weight is 604 g/mol. The van der Waals surface area contributed by atoms with E-state index in [0.717, 1.165) is 34.7 Å². The molecule has 2 aliphatic heterocycles. The van der Waals surface area contributed by atoms with Gasteiger partial charge in [-0.05, 0) is 37.0 Å². The van der Waals surface area contributed by atoms with Crippen LogP contribution in [0.15, 0.2) is 30.3 Å². The lowest BCUT2D eigenvalue weighted by Crippen LogP contribution is -2.48. The van der Waals surface area contributed by atoms with E-state index in [9.17, 15) is 18.8 Å². The van der Waals surface area contributed by atoms with Crippen LogP contribution in [0.4, 0.5) is 9.18 Å². The lowest BCUT2D eigenvalue weighted by molar-refractivity contribution is -0.119. The van der Waals surface area contributed by atoms with Gasteiger partial charge in [0.1, 0.15) is 17.9 Å². The van der Waals surface area contributed by atoms with Gasteiger partial charge in [-0.25, -0.2) is 19.2 Å². The number of fused-ring (bicyclic) bond motifs is 3. The van der Waals surface area contributed by atoms with Gasteiger partial charge in [0.15, 0.2) is 11.5 Å². The number of aromatic nitrogens is 4. The van der Waals surface area contributed by atoms with E-state index in [0.29, 0.717) is 60.9 Å². The van der Waals surface area contributed by atoms with Gasteiger partial charge in [-0.3, -0.25) is 9.59 Å². The second-order valence-electron chi connectivity index (χ2n) is 12.1. The number of pyridine rings is 1. The van der Waals surface area contributed by atoms with E-state index in [2.05, 4.69) is 27.3 Å². The van der Waals surface area contributed by atoms with Gasteiger partial charge in [-0.2, -0.15) is 0 Å². The van der Waals surface area contributed by atoms with Gasteiger partial charge >= 0.3 is 6.09 Å². The zero-order valence-corrected chi connectivity index (χ0v) is 24.4. The molecule has 3 amide bonds. The van der Waals surface area contributed by atoms with Crippen LogP contribution in [0.25, 0.3) is 33.6 Å². The van der Waals surface area contributed by atoms with Crippen molar-refractivity contribution in [1.29, 1.82) is 0 Å². The number of carboxylic acid groups (broad SMARTS) is 1. The molecule has 0 unspecified atom stereocenters. The van der Waals surface area contributed by atoms with E-state index < -0.39 is 18.8 Å². The number of benzene rings is 1. The van der Waals surface area contributed by atoms with Crippen molar-refractivity contribution in [1.82, 2.24) is 34.6 Å². The molecule has 1 saturated carbocycles. The molecular weight excluding hydrogens is 569 g/mol. The topological polar surface area (TPSA) is 144 Å². The van der Waals surface area contributed by atoms with Crippen molar-refractivity contribution in [2.24, 2.45) is 18.9 Å². The highest BCUT2D eigenvalue weighted by Crippen LogP contribution is 2.39. The summed E-state index contributed by atoms with van der Waals surface area (Å²) in [5.74, 6) is 1.94. The van der Waals surface area contributed by atoms with Crippen LogP contribution in [0, 0.1) is 11.8 Å². The molecule has 13 heteroatoms. The number of para-hydroxylation sites is 1. The Balaban J connectivity index is 1.24. The molecule has 3 aliphatic rings. The summed E-state index contributed by atoms with van der Waals surface area (Å²) in [6, 6.07) is 8.86. The average Bonchev–Trinajstić information content (AvgIpc) is 3.48. The second-order valence-corrected chi connectivity index (χ2v) is 12.1. The molecule has 3 N–H and O–H groups in total. The monoisotopic (exact) mass is 603 g/mol. The molecule has 230 valence electrons. The first-order chi connectivity index (χ1) is 21.3. The van der Waals surface area contributed by atoms with Crippen LogP contribution in [0.2, 0.25) is 0 Å². The number of alkyl halides is 1. The van der Waals surface area contributed by atoms with Gasteiger partial charge in [-0.15, -0.1) is 0 Å². The lowest BCUT2D eigenvalue weighted by Gasteiger charge is -2.30. The molecule has 0 bridgehead atoms. The van der Waals surface area contributed by atoms with Crippen LogP contribution in [-0.2, 0) is 24.8 Å². The predicted molar refractivity (Wildman–Crippen MR) is 159 cm³/mol. The van der Waals surface area contributed by atoms with E-state index in [1.807, 2.05) is 23.7 Å². The molecule has 5 heterocycles.